The van der Waals surface area contributed by atoms with Crippen molar-refractivity contribution in [2.45, 2.75) is 6.42 Å². The predicted octanol–water partition coefficient (Wildman–Crippen LogP) is 3.55. The summed E-state index contributed by atoms with van der Waals surface area (Å²) in [6.45, 7) is 2.79. The fourth-order valence-electron chi connectivity index (χ4n) is 4.16. The Bertz CT molecular complexity index is 1300. The number of carbonyl (C=O) groups is 3. The van der Waals surface area contributed by atoms with Crippen LogP contribution in [0.15, 0.2) is 53.9 Å². The molecule has 0 unspecified atom stereocenters. The molecule has 0 radical (unpaired) electrons. The Hall–Kier alpha value is -3.54. The van der Waals surface area contributed by atoms with E-state index < -0.39 is 17.6 Å². The quantitative estimate of drug-likeness (QED) is 0.399. The van der Waals surface area contributed by atoms with Gasteiger partial charge in [-0.05, 0) is 42.5 Å². The molecule has 12 heteroatoms. The van der Waals surface area contributed by atoms with E-state index in [-0.39, 0.29) is 37.6 Å². The number of nitrogens with zero attached hydrogens (tertiary/aromatic N) is 4. The number of amides is 3. The number of anilines is 2. The second-order valence-electron chi connectivity index (χ2n) is 8.94. The topological polar surface area (TPSA) is 95.1 Å². The molecule has 1 aliphatic rings. The maximum atomic E-state index is 13.2. The Morgan fingerprint density at radius 1 is 1.13 bits per heavy atom. The summed E-state index contributed by atoms with van der Waals surface area (Å²) in [7, 11) is 1.50. The van der Waals surface area contributed by atoms with Crippen molar-refractivity contribution in [1.82, 2.24) is 14.8 Å². The Labute approximate surface area is 235 Å². The van der Waals surface area contributed by atoms with Gasteiger partial charge in [0.15, 0.2) is 5.13 Å². The summed E-state index contributed by atoms with van der Waals surface area (Å²) in [5.74, 6) is -1.33. The highest BCUT2D eigenvalue weighted by molar-refractivity contribution is 7.13. The van der Waals surface area contributed by atoms with Gasteiger partial charge in [-0.25, -0.2) is 9.37 Å². The summed E-state index contributed by atoms with van der Waals surface area (Å²) in [6, 6.07) is 12.8. The van der Waals surface area contributed by atoms with Gasteiger partial charge in [-0.2, -0.15) is 0 Å². The molecule has 0 saturated carbocycles. The van der Waals surface area contributed by atoms with E-state index in [0.29, 0.717) is 42.0 Å². The summed E-state index contributed by atoms with van der Waals surface area (Å²) in [6.07, 6.45) is 0.132. The number of hydrogen-bond acceptors (Lipinski definition) is 7. The standard InChI is InChI=1S/C27H29ClFN5O4S/c1-38-14-13-34(26(37)19-5-7-21(29)8-6-19)17-24(35)31-27-30-22(18-39-27)16-25(36)33-11-9-32(10-12-33)23-4-2-3-20(28)15-23/h2-8,15,18H,9-14,16-17H2,1H3,(H,30,31,35). The van der Waals surface area contributed by atoms with E-state index in [4.69, 9.17) is 16.3 Å². The molecule has 1 fully saturated rings. The van der Waals surface area contributed by atoms with Crippen LogP contribution in [0.5, 0.6) is 0 Å². The molecule has 0 aliphatic carbocycles. The lowest BCUT2D eigenvalue weighted by Gasteiger charge is -2.36. The third-order valence-electron chi connectivity index (χ3n) is 6.21. The lowest BCUT2D eigenvalue weighted by atomic mass is 10.2. The number of carbonyl (C=O) groups excluding carboxylic acids is 3. The van der Waals surface area contributed by atoms with Crippen LogP contribution in [-0.4, -0.2) is 85.5 Å². The Kier molecular flexibility index (Phi) is 9.85. The van der Waals surface area contributed by atoms with E-state index in [2.05, 4.69) is 15.2 Å². The molecule has 206 valence electrons. The maximum Gasteiger partial charge on any atom is 0.254 e. The number of thiazole rings is 1. The normalized spacial score (nSPS) is 13.3. The minimum atomic E-state index is -0.453. The van der Waals surface area contributed by atoms with Crippen LogP contribution in [-0.2, 0) is 20.7 Å². The average Bonchev–Trinajstić information content (AvgIpc) is 3.37. The highest BCUT2D eigenvalue weighted by Gasteiger charge is 2.23. The van der Waals surface area contributed by atoms with Gasteiger partial charge in [-0.1, -0.05) is 17.7 Å². The zero-order valence-corrected chi connectivity index (χ0v) is 23.0. The van der Waals surface area contributed by atoms with E-state index >= 15 is 0 Å². The van der Waals surface area contributed by atoms with Gasteiger partial charge in [0, 0.05) is 61.5 Å². The van der Waals surface area contributed by atoms with E-state index in [1.165, 1.54) is 47.6 Å². The van der Waals surface area contributed by atoms with Crippen molar-refractivity contribution in [2.75, 3.05) is 63.2 Å². The Balaban J connectivity index is 1.28. The molecule has 9 nitrogen and oxygen atoms in total. The Morgan fingerprint density at radius 2 is 1.87 bits per heavy atom. The van der Waals surface area contributed by atoms with Crippen molar-refractivity contribution in [1.29, 1.82) is 0 Å². The molecule has 1 aliphatic heterocycles. The smallest absolute Gasteiger partial charge is 0.254 e. The summed E-state index contributed by atoms with van der Waals surface area (Å²) in [5.41, 5.74) is 1.87. The minimum absolute atomic E-state index is 0.0282. The van der Waals surface area contributed by atoms with E-state index in [0.717, 1.165) is 5.69 Å². The molecular formula is C27H29ClFN5O4S. The molecule has 39 heavy (non-hydrogen) atoms. The first-order chi connectivity index (χ1) is 18.8. The molecule has 4 rings (SSSR count). The van der Waals surface area contributed by atoms with Crippen molar-refractivity contribution in [2.24, 2.45) is 0 Å². The molecule has 3 aromatic rings. The number of benzene rings is 2. The molecule has 0 bridgehead atoms. The molecular weight excluding hydrogens is 545 g/mol. The van der Waals surface area contributed by atoms with Crippen LogP contribution in [0.1, 0.15) is 16.1 Å². The molecule has 3 amide bonds. The minimum Gasteiger partial charge on any atom is -0.383 e. The van der Waals surface area contributed by atoms with Gasteiger partial charge in [0.25, 0.3) is 5.91 Å². The van der Waals surface area contributed by atoms with Gasteiger partial charge < -0.3 is 24.8 Å². The number of nitrogens with one attached hydrogen (secondary N) is 1. The first-order valence-corrected chi connectivity index (χ1v) is 13.6. The molecule has 0 spiro atoms. The lowest BCUT2D eigenvalue weighted by Crippen LogP contribution is -2.49. The van der Waals surface area contributed by atoms with Gasteiger partial charge in [0.1, 0.15) is 12.4 Å². The summed E-state index contributed by atoms with van der Waals surface area (Å²) in [5, 5.41) is 5.46. The fourth-order valence-corrected chi connectivity index (χ4v) is 5.07. The van der Waals surface area contributed by atoms with E-state index in [1.807, 2.05) is 29.2 Å². The summed E-state index contributed by atoms with van der Waals surface area (Å²) < 4.78 is 18.3. The third kappa shape index (κ3) is 7.98. The molecule has 1 aromatic heterocycles. The first-order valence-electron chi connectivity index (χ1n) is 12.4. The predicted molar refractivity (Wildman–Crippen MR) is 149 cm³/mol. The number of aromatic nitrogens is 1. The number of piperazine rings is 1. The van der Waals surface area contributed by atoms with Crippen LogP contribution in [0.3, 0.4) is 0 Å². The van der Waals surface area contributed by atoms with Gasteiger partial charge in [-0.15, -0.1) is 11.3 Å². The van der Waals surface area contributed by atoms with Gasteiger partial charge in [0.05, 0.1) is 18.7 Å². The average molecular weight is 574 g/mol. The largest absolute Gasteiger partial charge is 0.383 e. The van der Waals surface area contributed by atoms with E-state index in [9.17, 15) is 18.8 Å². The monoisotopic (exact) mass is 573 g/mol. The van der Waals surface area contributed by atoms with Crippen molar-refractivity contribution < 1.29 is 23.5 Å². The van der Waals surface area contributed by atoms with Gasteiger partial charge >= 0.3 is 0 Å². The molecule has 2 heterocycles. The van der Waals surface area contributed by atoms with E-state index in [1.54, 1.807) is 5.38 Å². The first kappa shape index (κ1) is 28.5. The zero-order valence-electron chi connectivity index (χ0n) is 21.4. The number of halogens is 2. The SMILES string of the molecule is COCCN(CC(=O)Nc1nc(CC(=O)N2CCN(c3cccc(Cl)c3)CC2)cs1)C(=O)c1ccc(F)cc1. The van der Waals surface area contributed by atoms with Crippen molar-refractivity contribution in [3.63, 3.8) is 0 Å². The fraction of sp³-hybridized carbons (Fsp3) is 0.333. The second kappa shape index (κ2) is 13.5. The molecule has 2 aromatic carbocycles. The lowest BCUT2D eigenvalue weighted by molar-refractivity contribution is -0.130. The number of hydrogen-bond donors (Lipinski definition) is 1. The molecule has 1 N–H and O–H groups in total. The highest BCUT2D eigenvalue weighted by atomic mass is 35.5. The summed E-state index contributed by atoms with van der Waals surface area (Å²) in [4.78, 5) is 48.1. The maximum absolute atomic E-state index is 13.2. The van der Waals surface area contributed by atoms with Crippen LogP contribution < -0.4 is 10.2 Å². The zero-order chi connectivity index (χ0) is 27.8. The number of ether oxygens (including phenoxy) is 1. The Morgan fingerprint density at radius 3 is 2.56 bits per heavy atom. The molecule has 0 atom stereocenters. The van der Waals surface area contributed by atoms with Crippen molar-refractivity contribution in [3.8, 4) is 0 Å². The number of rotatable bonds is 10. The van der Waals surface area contributed by atoms with Crippen LogP contribution in [0.2, 0.25) is 5.02 Å². The van der Waals surface area contributed by atoms with Crippen LogP contribution in [0.4, 0.5) is 15.2 Å². The van der Waals surface area contributed by atoms with Crippen molar-refractivity contribution >= 4 is 51.5 Å². The second-order valence-corrected chi connectivity index (χ2v) is 10.2. The van der Waals surface area contributed by atoms with Gasteiger partial charge in [0.2, 0.25) is 11.8 Å². The summed E-state index contributed by atoms with van der Waals surface area (Å²) >= 11 is 7.31. The molecule has 1 saturated heterocycles. The highest BCUT2D eigenvalue weighted by Crippen LogP contribution is 2.22. The van der Waals surface area contributed by atoms with Gasteiger partial charge in [-0.3, -0.25) is 14.4 Å². The van der Waals surface area contributed by atoms with Crippen LogP contribution in [0, 0.1) is 5.82 Å². The van der Waals surface area contributed by atoms with Crippen LogP contribution in [0.25, 0.3) is 0 Å². The third-order valence-corrected chi connectivity index (χ3v) is 7.26. The number of methoxy groups -OCH3 is 1. The van der Waals surface area contributed by atoms with Crippen molar-refractivity contribution in [3.05, 3.63) is 76.0 Å². The van der Waals surface area contributed by atoms with Crippen LogP contribution >= 0.6 is 22.9 Å².